The molecule has 26 heteroatoms. The zero-order valence-electron chi connectivity index (χ0n) is 38.6. The Morgan fingerprint density at radius 2 is 1.00 bits per heavy atom. The highest BCUT2D eigenvalue weighted by molar-refractivity contribution is 5.99. The Balaban J connectivity index is 3.08. The number of aliphatic hydroxyl groups is 4. The van der Waals surface area contributed by atoms with Gasteiger partial charge < -0.3 is 84.6 Å². The fourth-order valence-electron chi connectivity index (χ4n) is 6.22. The van der Waals surface area contributed by atoms with Crippen LogP contribution in [0.1, 0.15) is 72.3 Å². The number of carboxylic acids is 2. The van der Waals surface area contributed by atoms with Crippen molar-refractivity contribution in [3.8, 4) is 0 Å². The lowest BCUT2D eigenvalue weighted by molar-refractivity contribution is -0.143. The third kappa shape index (κ3) is 20.3. The van der Waals surface area contributed by atoms with Crippen molar-refractivity contribution in [3.05, 3.63) is 35.9 Å². The Kier molecular flexibility index (Phi) is 26.5. The zero-order valence-corrected chi connectivity index (χ0v) is 38.6. The molecule has 1 rings (SSSR count). The number of carbonyl (C=O) groups is 10. The number of hydrogen-bond acceptors (Lipinski definition) is 16. The van der Waals surface area contributed by atoms with Gasteiger partial charge in [0.15, 0.2) is 0 Å². The summed E-state index contributed by atoms with van der Waals surface area (Å²) >= 11 is 0. The van der Waals surface area contributed by atoms with E-state index in [0.717, 1.165) is 19.4 Å². The second-order valence-corrected chi connectivity index (χ2v) is 16.2. The van der Waals surface area contributed by atoms with Crippen molar-refractivity contribution in [1.82, 2.24) is 42.5 Å². The number of nitrogens with two attached hydrogens (primary N) is 2. The van der Waals surface area contributed by atoms with Crippen LogP contribution in [0.15, 0.2) is 30.3 Å². The van der Waals surface area contributed by atoms with Crippen LogP contribution in [0.25, 0.3) is 0 Å². The molecule has 0 saturated carbocycles. The Bertz CT molecular complexity index is 1870. The molecule has 0 heterocycles. The number of hydrogen-bond donors (Lipinski definition) is 16. The highest BCUT2D eigenvalue weighted by Crippen LogP contribution is 2.11. The smallest absolute Gasteiger partial charge is 0.326 e. The van der Waals surface area contributed by atoms with Crippen molar-refractivity contribution < 1.29 is 78.6 Å². The van der Waals surface area contributed by atoms with Crippen LogP contribution in [-0.2, 0) is 54.4 Å². The second-order valence-electron chi connectivity index (χ2n) is 16.2. The molecule has 12 atom stereocenters. The molecule has 1 aromatic rings. The van der Waals surface area contributed by atoms with E-state index in [4.69, 9.17) is 11.5 Å². The van der Waals surface area contributed by atoms with E-state index in [0.29, 0.717) is 19.3 Å². The van der Waals surface area contributed by atoms with Gasteiger partial charge in [0.2, 0.25) is 47.3 Å². The molecule has 8 amide bonds. The molecular formula is C42H68N10O16. The van der Waals surface area contributed by atoms with Crippen molar-refractivity contribution in [2.75, 3.05) is 19.8 Å². The second kappa shape index (κ2) is 30.1. The Labute approximate surface area is 392 Å². The molecule has 382 valence electrons. The van der Waals surface area contributed by atoms with Crippen LogP contribution in [-0.4, -0.2) is 176 Å². The molecule has 0 radical (unpaired) electrons. The molecule has 0 fully saturated rings. The average Bonchev–Trinajstić information content (AvgIpc) is 3.28. The van der Waals surface area contributed by atoms with E-state index in [9.17, 15) is 78.6 Å². The fourth-order valence-corrected chi connectivity index (χ4v) is 6.22. The number of amides is 8. The number of rotatable bonds is 31. The Hall–Kier alpha value is -6.32. The molecule has 0 bridgehead atoms. The Morgan fingerprint density at radius 3 is 1.47 bits per heavy atom. The van der Waals surface area contributed by atoms with Gasteiger partial charge in [0.1, 0.15) is 48.3 Å². The first-order chi connectivity index (χ1) is 31.9. The first-order valence-corrected chi connectivity index (χ1v) is 21.9. The van der Waals surface area contributed by atoms with E-state index in [-0.39, 0.29) is 19.4 Å². The van der Waals surface area contributed by atoms with Crippen LogP contribution in [0.3, 0.4) is 0 Å². The number of nitrogens with one attached hydrogen (secondary N) is 8. The normalized spacial score (nSPS) is 16.4. The lowest BCUT2D eigenvalue weighted by Crippen LogP contribution is -2.62. The molecule has 0 aliphatic carbocycles. The van der Waals surface area contributed by atoms with Crippen molar-refractivity contribution in [2.45, 2.75) is 140 Å². The topological polar surface area (TPSA) is 440 Å². The number of aliphatic hydroxyl groups excluding tert-OH is 4. The summed E-state index contributed by atoms with van der Waals surface area (Å²) in [6.45, 7) is 4.78. The molecule has 18 N–H and O–H groups in total. The molecule has 0 aliphatic heterocycles. The molecule has 26 nitrogen and oxygen atoms in total. The van der Waals surface area contributed by atoms with Gasteiger partial charge >= 0.3 is 11.9 Å². The van der Waals surface area contributed by atoms with Gasteiger partial charge in [-0.15, -0.1) is 0 Å². The summed E-state index contributed by atoms with van der Waals surface area (Å²) in [5.41, 5.74) is 12.2. The monoisotopic (exact) mass is 976 g/mol. The van der Waals surface area contributed by atoms with Crippen LogP contribution in [0.5, 0.6) is 0 Å². The first kappa shape index (κ1) is 59.7. The number of carbonyl (C=O) groups excluding carboxylic acids is 8. The summed E-state index contributed by atoms with van der Waals surface area (Å²) in [7, 11) is 0. The van der Waals surface area contributed by atoms with Gasteiger partial charge in [0.05, 0.1) is 37.9 Å². The molecule has 0 spiro atoms. The number of carboxylic acid groups (broad SMARTS) is 2. The van der Waals surface area contributed by atoms with E-state index in [1.807, 2.05) is 0 Å². The van der Waals surface area contributed by atoms with Gasteiger partial charge in [0.25, 0.3) is 0 Å². The van der Waals surface area contributed by atoms with E-state index >= 15 is 0 Å². The van der Waals surface area contributed by atoms with Crippen molar-refractivity contribution in [2.24, 2.45) is 17.4 Å². The predicted octanol–water partition coefficient (Wildman–Crippen LogP) is -6.06. The maximum absolute atomic E-state index is 13.6. The Morgan fingerprint density at radius 1 is 0.559 bits per heavy atom. The lowest BCUT2D eigenvalue weighted by Gasteiger charge is -2.29. The fraction of sp³-hybridized carbons (Fsp3) is 0.619. The van der Waals surface area contributed by atoms with Crippen molar-refractivity contribution in [1.29, 1.82) is 0 Å². The van der Waals surface area contributed by atoms with Gasteiger partial charge in [-0.2, -0.15) is 0 Å². The van der Waals surface area contributed by atoms with E-state index in [2.05, 4.69) is 42.5 Å². The predicted molar refractivity (Wildman–Crippen MR) is 239 cm³/mol. The largest absolute Gasteiger partial charge is 0.481 e. The molecule has 0 saturated heterocycles. The quantitative estimate of drug-likeness (QED) is 0.0187. The number of aliphatic carboxylic acids is 2. The minimum atomic E-state index is -1.97. The molecule has 0 unspecified atom stereocenters. The van der Waals surface area contributed by atoms with Gasteiger partial charge in [-0.1, -0.05) is 50.6 Å². The van der Waals surface area contributed by atoms with Crippen LogP contribution in [0.2, 0.25) is 0 Å². The SMILES string of the molecule is CC[C@H](C)[C@H](NC(=O)[C@@H](NC(=O)[C@@H](N)Cc1ccccc1)[C@@H](C)O)C(=O)N[C@@H](CO)C(=O)N[C@@H](C)C(=O)N[C@@H](CC(=O)O)C(=O)N[C@H](C(=O)N[C@@H](CO)C(=O)[15NH][13C@@H]([13CH2][13CH2][13CH2][13CH2][15NH2])[13C](=O)O)[C@@H](C)O. The summed E-state index contributed by atoms with van der Waals surface area (Å²) in [5, 5.41) is 77.3. The number of benzene rings is 1. The standard InChI is InChI=1S/C42H68N10O16/c1-6-20(2)31(50-41(66)33(23(5)56)51-35(60)25(44)16-24-12-8-7-9-13-24)39(64)48-28(18-53)37(62)45-21(3)34(59)47-27(17-30(57)58)36(61)52-32(22(4)55)40(65)49-29(19-54)38(63)46-26(42(67)68)14-10-11-15-43/h7-9,12-13,20-23,25-29,31-33,53-56H,6,10-11,14-19,43-44H2,1-5H3,(H,45,62)(H,46,63)(H,47,59)(H,48,64)(H,49,65)(H,50,66)(H,51,60)(H,52,61)(H,57,58)(H,67,68)/t20-,21-,22+,23+,25-,26-,27-,28-,29-,31-,32-,33-/m0/s1/i10+1,11+1,14+1,15+1,26+1,42+1,43+1,46+1. The zero-order chi connectivity index (χ0) is 51.8. The van der Waals surface area contributed by atoms with Crippen molar-refractivity contribution >= 4 is 59.2 Å². The van der Waals surface area contributed by atoms with Gasteiger partial charge in [0, 0.05) is 0 Å². The highest BCUT2D eigenvalue weighted by atomic mass is 16.5. The lowest BCUT2D eigenvalue weighted by atomic mass is 9.97. The summed E-state index contributed by atoms with van der Waals surface area (Å²) in [5.74, 6) is -12.5. The molecule has 0 aromatic heterocycles. The first-order valence-electron chi connectivity index (χ1n) is 21.9. The highest BCUT2D eigenvalue weighted by Gasteiger charge is 2.37. The van der Waals surface area contributed by atoms with Crippen molar-refractivity contribution in [3.63, 3.8) is 0 Å². The number of unbranched alkanes of at least 4 members (excludes halogenated alkanes) is 1. The maximum atomic E-state index is 13.6. The van der Waals surface area contributed by atoms with Crippen LogP contribution < -0.4 is 54.0 Å². The summed E-state index contributed by atoms with van der Waals surface area (Å²) in [6.07, 6.45) is -3.16. The third-order valence-electron chi connectivity index (χ3n) is 10.5. The molecule has 1 aromatic carbocycles. The van der Waals surface area contributed by atoms with Crippen LogP contribution in [0, 0.1) is 5.92 Å². The summed E-state index contributed by atoms with van der Waals surface area (Å²) in [4.78, 5) is 129. The molecule has 0 aliphatic rings. The van der Waals surface area contributed by atoms with E-state index in [1.165, 1.54) is 6.92 Å². The molecular weight excluding hydrogens is 908 g/mol. The average molecular weight is 977 g/mol. The maximum Gasteiger partial charge on any atom is 0.326 e. The third-order valence-corrected chi connectivity index (χ3v) is 10.5. The van der Waals surface area contributed by atoms with E-state index < -0.39 is 151 Å². The van der Waals surface area contributed by atoms with E-state index in [1.54, 1.807) is 44.2 Å². The van der Waals surface area contributed by atoms with Crippen LogP contribution in [0.4, 0.5) is 0 Å². The summed E-state index contributed by atoms with van der Waals surface area (Å²) < 4.78 is 0. The van der Waals surface area contributed by atoms with Crippen LogP contribution >= 0.6 is 0 Å². The minimum absolute atomic E-state index is 0.0297. The minimum Gasteiger partial charge on any atom is -0.481 e. The van der Waals surface area contributed by atoms with Gasteiger partial charge in [-0.25, -0.2) is 4.79 Å². The summed E-state index contributed by atoms with van der Waals surface area (Å²) in [6, 6.07) is -5.77. The van der Waals surface area contributed by atoms with Gasteiger partial charge in [-0.05, 0) is 64.5 Å². The van der Waals surface area contributed by atoms with Gasteiger partial charge in [-0.3, -0.25) is 43.2 Å². The molecule has 68 heavy (non-hydrogen) atoms.